The number of rotatable bonds is 6. The van der Waals surface area contributed by atoms with Crippen molar-refractivity contribution in [3.05, 3.63) is 53.1 Å². The van der Waals surface area contributed by atoms with Gasteiger partial charge >= 0.3 is 0 Å². The van der Waals surface area contributed by atoms with Crippen LogP contribution < -0.4 is 14.4 Å². The van der Waals surface area contributed by atoms with Gasteiger partial charge in [-0.15, -0.1) is 0 Å². The molecule has 128 valence electrons. The predicted octanol–water partition coefficient (Wildman–Crippen LogP) is 2.69. The maximum absolute atomic E-state index is 12.5. The Balaban J connectivity index is 1.68. The van der Waals surface area contributed by atoms with Crippen molar-refractivity contribution in [1.82, 2.24) is 4.72 Å². The lowest BCUT2D eigenvalue weighted by Gasteiger charge is -2.19. The number of methoxy groups -OCH3 is 1. The number of halogens is 1. The summed E-state index contributed by atoms with van der Waals surface area (Å²) in [5.41, 5.74) is 2.48. The lowest BCUT2D eigenvalue weighted by atomic mass is 10.2. The molecule has 0 spiro atoms. The summed E-state index contributed by atoms with van der Waals surface area (Å²) in [5, 5.41) is 0.352. The van der Waals surface area contributed by atoms with Gasteiger partial charge in [0.25, 0.3) is 0 Å². The molecule has 0 saturated carbocycles. The fourth-order valence-corrected chi connectivity index (χ4v) is 4.34. The first-order valence-corrected chi connectivity index (χ1v) is 9.53. The van der Waals surface area contributed by atoms with Crippen molar-refractivity contribution in [3.63, 3.8) is 0 Å². The fraction of sp³-hybridized carbons (Fsp3) is 0.294. The number of ether oxygens (including phenoxy) is 1. The molecule has 0 bridgehead atoms. The zero-order valence-electron chi connectivity index (χ0n) is 13.3. The molecular weight excluding hydrogens is 348 g/mol. The number of hydrogen-bond donors (Lipinski definition) is 1. The van der Waals surface area contributed by atoms with Crippen LogP contribution in [-0.4, -0.2) is 35.2 Å². The summed E-state index contributed by atoms with van der Waals surface area (Å²) in [6.07, 6.45) is 0.991. The Labute approximate surface area is 147 Å². The monoisotopic (exact) mass is 366 g/mol. The third-order valence-corrected chi connectivity index (χ3v) is 5.79. The molecule has 0 unspecified atom stereocenters. The van der Waals surface area contributed by atoms with Gasteiger partial charge in [0.15, 0.2) is 0 Å². The van der Waals surface area contributed by atoms with Crippen LogP contribution in [0.15, 0.2) is 47.4 Å². The summed E-state index contributed by atoms with van der Waals surface area (Å²) in [7, 11) is -2.25. The van der Waals surface area contributed by atoms with E-state index in [1.165, 1.54) is 24.4 Å². The molecule has 0 amide bonds. The first kappa shape index (κ1) is 17.1. The van der Waals surface area contributed by atoms with Crippen molar-refractivity contribution in [1.29, 1.82) is 0 Å². The van der Waals surface area contributed by atoms with Gasteiger partial charge in [-0.2, -0.15) is 0 Å². The molecule has 0 fully saturated rings. The number of anilines is 1. The Morgan fingerprint density at radius 2 is 2.04 bits per heavy atom. The Kier molecular flexibility index (Phi) is 4.99. The number of para-hydroxylation sites is 1. The van der Waals surface area contributed by atoms with Gasteiger partial charge < -0.3 is 9.64 Å². The quantitative estimate of drug-likeness (QED) is 0.854. The SMILES string of the molecule is COc1ccc(Cl)cc1S(=O)(=O)NCCN1CCc2ccccc21. The van der Waals surface area contributed by atoms with E-state index in [4.69, 9.17) is 16.3 Å². The molecule has 1 aliphatic rings. The molecule has 2 aromatic carbocycles. The van der Waals surface area contributed by atoms with Crippen LogP contribution in [0.3, 0.4) is 0 Å². The van der Waals surface area contributed by atoms with Gasteiger partial charge in [-0.3, -0.25) is 0 Å². The minimum absolute atomic E-state index is 0.0549. The highest BCUT2D eigenvalue weighted by Crippen LogP contribution is 2.28. The average Bonchev–Trinajstić information content (AvgIpc) is 2.98. The third-order valence-electron chi connectivity index (χ3n) is 4.07. The molecule has 0 atom stereocenters. The molecule has 0 aromatic heterocycles. The summed E-state index contributed by atoms with van der Waals surface area (Å²) in [6.45, 7) is 1.83. The van der Waals surface area contributed by atoms with Crippen LogP contribution in [0.2, 0.25) is 5.02 Å². The predicted molar refractivity (Wildman–Crippen MR) is 95.6 cm³/mol. The van der Waals surface area contributed by atoms with Crippen molar-refractivity contribution in [2.45, 2.75) is 11.3 Å². The number of benzene rings is 2. The zero-order chi connectivity index (χ0) is 17.2. The molecular formula is C17H19ClN2O3S. The molecule has 7 heteroatoms. The molecule has 0 aliphatic carbocycles. The van der Waals surface area contributed by atoms with E-state index in [9.17, 15) is 8.42 Å². The zero-order valence-corrected chi connectivity index (χ0v) is 14.9. The highest BCUT2D eigenvalue weighted by atomic mass is 35.5. The summed E-state index contributed by atoms with van der Waals surface area (Å²) in [4.78, 5) is 2.24. The van der Waals surface area contributed by atoms with E-state index in [1.807, 2.05) is 12.1 Å². The molecule has 2 aromatic rings. The van der Waals surface area contributed by atoms with Gasteiger partial charge in [-0.25, -0.2) is 13.1 Å². The van der Waals surface area contributed by atoms with E-state index in [0.717, 1.165) is 13.0 Å². The van der Waals surface area contributed by atoms with E-state index >= 15 is 0 Å². The summed E-state index contributed by atoms with van der Waals surface area (Å²) in [6, 6.07) is 12.7. The van der Waals surface area contributed by atoms with E-state index in [0.29, 0.717) is 18.1 Å². The van der Waals surface area contributed by atoms with E-state index in [1.54, 1.807) is 12.1 Å². The first-order chi connectivity index (χ1) is 11.5. The Bertz CT molecular complexity index is 839. The molecule has 5 nitrogen and oxygen atoms in total. The van der Waals surface area contributed by atoms with Crippen LogP contribution in [0.4, 0.5) is 5.69 Å². The van der Waals surface area contributed by atoms with Crippen LogP contribution in [-0.2, 0) is 16.4 Å². The average molecular weight is 367 g/mol. The van der Waals surface area contributed by atoms with E-state index in [2.05, 4.69) is 21.8 Å². The Morgan fingerprint density at radius 3 is 2.83 bits per heavy atom. The highest BCUT2D eigenvalue weighted by molar-refractivity contribution is 7.89. The normalized spacial score (nSPS) is 13.8. The van der Waals surface area contributed by atoms with Crippen LogP contribution in [0.25, 0.3) is 0 Å². The van der Waals surface area contributed by atoms with Gasteiger partial charge in [0.1, 0.15) is 10.6 Å². The molecule has 1 heterocycles. The van der Waals surface area contributed by atoms with Gasteiger partial charge in [0.05, 0.1) is 7.11 Å². The minimum Gasteiger partial charge on any atom is -0.495 e. The summed E-state index contributed by atoms with van der Waals surface area (Å²) < 4.78 is 32.8. The van der Waals surface area contributed by atoms with Crippen molar-refractivity contribution in [2.75, 3.05) is 31.6 Å². The molecule has 1 N–H and O–H groups in total. The smallest absolute Gasteiger partial charge is 0.244 e. The number of nitrogens with one attached hydrogen (secondary N) is 1. The Morgan fingerprint density at radius 1 is 1.25 bits per heavy atom. The maximum atomic E-state index is 12.5. The second-order valence-corrected chi connectivity index (χ2v) is 7.73. The minimum atomic E-state index is -3.68. The second kappa shape index (κ2) is 7.01. The first-order valence-electron chi connectivity index (χ1n) is 7.67. The summed E-state index contributed by atoms with van der Waals surface area (Å²) >= 11 is 5.92. The van der Waals surface area contributed by atoms with Gasteiger partial charge in [-0.1, -0.05) is 29.8 Å². The standard InChI is InChI=1S/C17H19ClN2O3S/c1-23-16-7-6-14(18)12-17(16)24(21,22)19-9-11-20-10-8-13-4-2-3-5-15(13)20/h2-7,12,19H,8-11H2,1H3. The van der Waals surface area contributed by atoms with Crippen molar-refractivity contribution < 1.29 is 13.2 Å². The Hall–Kier alpha value is -1.76. The summed E-state index contributed by atoms with van der Waals surface area (Å²) in [5.74, 6) is 0.276. The lowest BCUT2D eigenvalue weighted by molar-refractivity contribution is 0.402. The van der Waals surface area contributed by atoms with Crippen LogP contribution in [0.1, 0.15) is 5.56 Å². The van der Waals surface area contributed by atoms with Crippen molar-refractivity contribution in [2.24, 2.45) is 0 Å². The molecule has 0 radical (unpaired) electrons. The molecule has 0 saturated heterocycles. The van der Waals surface area contributed by atoms with Gasteiger partial charge in [0.2, 0.25) is 10.0 Å². The molecule has 1 aliphatic heterocycles. The van der Waals surface area contributed by atoms with Crippen LogP contribution in [0.5, 0.6) is 5.75 Å². The molecule has 3 rings (SSSR count). The largest absolute Gasteiger partial charge is 0.495 e. The van der Waals surface area contributed by atoms with Crippen molar-refractivity contribution in [3.8, 4) is 5.75 Å². The van der Waals surface area contributed by atoms with E-state index in [-0.39, 0.29) is 10.6 Å². The highest BCUT2D eigenvalue weighted by Gasteiger charge is 2.22. The third kappa shape index (κ3) is 3.50. The number of fused-ring (bicyclic) bond motifs is 1. The topological polar surface area (TPSA) is 58.6 Å². The number of nitrogens with zero attached hydrogens (tertiary/aromatic N) is 1. The lowest BCUT2D eigenvalue weighted by Crippen LogP contribution is -2.34. The van der Waals surface area contributed by atoms with E-state index < -0.39 is 10.0 Å². The van der Waals surface area contributed by atoms with Gasteiger partial charge in [0, 0.05) is 30.3 Å². The number of hydrogen-bond acceptors (Lipinski definition) is 4. The fourth-order valence-electron chi connectivity index (χ4n) is 2.89. The van der Waals surface area contributed by atoms with Crippen LogP contribution >= 0.6 is 11.6 Å². The van der Waals surface area contributed by atoms with Crippen LogP contribution in [0, 0.1) is 0 Å². The second-order valence-electron chi connectivity index (χ2n) is 5.56. The van der Waals surface area contributed by atoms with Gasteiger partial charge in [-0.05, 0) is 36.2 Å². The molecule has 24 heavy (non-hydrogen) atoms. The number of sulfonamides is 1. The maximum Gasteiger partial charge on any atom is 0.244 e. The van der Waals surface area contributed by atoms with Crippen molar-refractivity contribution >= 4 is 27.3 Å².